The van der Waals surface area contributed by atoms with Crippen LogP contribution in [-0.4, -0.2) is 26.4 Å². The van der Waals surface area contributed by atoms with Crippen LogP contribution in [0, 0.1) is 5.41 Å². The van der Waals surface area contributed by atoms with Crippen molar-refractivity contribution < 1.29 is 27.2 Å². The molecule has 2 aromatic carbocycles. The molecule has 20 heteroatoms. The summed E-state index contributed by atoms with van der Waals surface area (Å²) in [5, 5.41) is -0.118. The molecule has 2 heterocycles. The third-order valence-electron chi connectivity index (χ3n) is 5.55. The Morgan fingerprint density at radius 2 is 0.838 bits per heavy atom. The molecule has 2 aromatic rings. The SMILES string of the molecule is O=P1(S(Cl)(Cl)(Cl)(Cl)c2ccccc2Cl)OCC2(CO1)COP(=O)(S(Cl)(Cl)(Cl)(Cl)c1ccccc1Cl)OC2. The first kappa shape index (κ1) is 32.3. The molecule has 1 spiro atoms. The molecule has 0 bridgehead atoms. The second kappa shape index (κ2) is 8.71. The van der Waals surface area contributed by atoms with E-state index >= 15 is 0 Å². The lowest BCUT2D eigenvalue weighted by Crippen LogP contribution is -2.47. The van der Waals surface area contributed by atoms with Crippen LogP contribution in [0.4, 0.5) is 0 Å². The van der Waals surface area contributed by atoms with Crippen LogP contribution in [0.25, 0.3) is 0 Å². The van der Waals surface area contributed by atoms with Gasteiger partial charge in [0, 0.05) is 0 Å². The van der Waals surface area contributed by atoms with Crippen LogP contribution in [0.2, 0.25) is 10.0 Å². The Labute approximate surface area is 256 Å². The Morgan fingerprint density at radius 1 is 0.568 bits per heavy atom. The predicted molar refractivity (Wildman–Crippen MR) is 163 cm³/mol. The molecule has 4 rings (SSSR count). The van der Waals surface area contributed by atoms with Gasteiger partial charge in [-0.05, 0) is 110 Å². The lowest BCUT2D eigenvalue weighted by Gasteiger charge is -2.62. The van der Waals surface area contributed by atoms with Gasteiger partial charge in [-0.3, -0.25) is 18.1 Å². The molecule has 2 fully saturated rings. The maximum absolute atomic E-state index is 13.9. The molecular weight excluding hydrogens is 781 g/mol. The van der Waals surface area contributed by atoms with Gasteiger partial charge in [0.2, 0.25) is 0 Å². The van der Waals surface area contributed by atoms with E-state index in [1.54, 1.807) is 12.1 Å². The van der Waals surface area contributed by atoms with Gasteiger partial charge in [-0.2, -0.15) is 0 Å². The molecule has 2 aliphatic heterocycles. The molecule has 2 saturated heterocycles. The lowest BCUT2D eigenvalue weighted by atomic mass is 9.93. The van der Waals surface area contributed by atoms with Crippen molar-refractivity contribution in [2.24, 2.45) is 5.41 Å². The van der Waals surface area contributed by atoms with E-state index in [0.29, 0.717) is 0 Å². The Morgan fingerprint density at radius 3 is 1.11 bits per heavy atom. The van der Waals surface area contributed by atoms with Crippen molar-refractivity contribution in [2.45, 2.75) is 9.79 Å². The van der Waals surface area contributed by atoms with Gasteiger partial charge >= 0.3 is 13.6 Å². The van der Waals surface area contributed by atoms with E-state index in [-0.39, 0.29) is 19.8 Å². The zero-order valence-electron chi connectivity index (χ0n) is 17.9. The number of benzene rings is 2. The smallest absolute Gasteiger partial charge is 0.299 e. The molecule has 0 unspecified atom stereocenters. The average molecular weight is 797 g/mol. The molecule has 2 aliphatic rings. The van der Waals surface area contributed by atoms with Gasteiger partial charge in [-0.25, -0.2) is 9.13 Å². The molecular formula is C17H16Cl10O6P2S2. The lowest BCUT2D eigenvalue weighted by molar-refractivity contribution is -0.0618. The highest BCUT2D eigenvalue weighted by Gasteiger charge is 2.78. The number of halogens is 10. The van der Waals surface area contributed by atoms with Crippen molar-refractivity contribution in [3.8, 4) is 0 Å². The molecule has 0 radical (unpaired) electrons. The predicted octanol–water partition coefficient (Wildman–Crippen LogP) is 12.7. The Bertz CT molecular complexity index is 1280. The van der Waals surface area contributed by atoms with Crippen molar-refractivity contribution >= 4 is 132 Å². The number of hydrogen-bond acceptors (Lipinski definition) is 6. The Kier molecular flexibility index (Phi) is 7.59. The van der Waals surface area contributed by atoms with Gasteiger partial charge in [0.05, 0.1) is 61.2 Å². The zero-order chi connectivity index (χ0) is 27.9. The fraction of sp³-hybridized carbons (Fsp3) is 0.294. The van der Waals surface area contributed by atoms with Gasteiger partial charge in [-0.15, -0.1) is 0 Å². The van der Waals surface area contributed by atoms with Crippen LogP contribution in [0.1, 0.15) is 0 Å². The van der Waals surface area contributed by atoms with Gasteiger partial charge in [0.25, 0.3) is 0 Å². The van der Waals surface area contributed by atoms with Crippen molar-refractivity contribution in [1.82, 2.24) is 0 Å². The summed E-state index contributed by atoms with van der Waals surface area (Å²) in [5.74, 6) is 0. The van der Waals surface area contributed by atoms with Crippen molar-refractivity contribution in [2.75, 3.05) is 26.4 Å². The fourth-order valence-electron chi connectivity index (χ4n) is 3.39. The van der Waals surface area contributed by atoms with Crippen LogP contribution in [0.15, 0.2) is 58.3 Å². The highest BCUT2D eigenvalue weighted by atomic mass is 36.4. The first-order valence-corrected chi connectivity index (χ1v) is 26.3. The summed E-state index contributed by atoms with van der Waals surface area (Å²) in [6.45, 7) is -11.2. The fourth-order valence-corrected chi connectivity index (χ4v) is 25.4. The Hall–Kier alpha value is 2.34. The third kappa shape index (κ3) is 4.83. The molecule has 0 saturated carbocycles. The van der Waals surface area contributed by atoms with Crippen molar-refractivity contribution in [3.05, 3.63) is 58.6 Å². The molecule has 6 nitrogen and oxygen atoms in total. The standard InChI is InChI=1S/C17H16Cl10O6P2S2/c18-13-5-1-3-7-15(13)36(20,21,22,23)34(28)30-9-17(10-31-34)11-32-35(29,33-12-17)37(24,25,26,27)16-8-4-2-6-14(16)19/h1-8H,9-12H2. The minimum absolute atomic E-state index is 0.0590. The number of rotatable bonds is 4. The Balaban J connectivity index is 1.62. The van der Waals surface area contributed by atoms with Gasteiger partial charge in [0.15, 0.2) is 0 Å². The first-order valence-electron chi connectivity index (χ1n) is 9.70. The van der Waals surface area contributed by atoms with E-state index in [2.05, 4.69) is 0 Å². The summed E-state index contributed by atoms with van der Waals surface area (Å²) in [6.07, 6.45) is 0. The summed E-state index contributed by atoms with van der Waals surface area (Å²) in [5.41, 5.74) is -1.21. The average Bonchev–Trinajstić information content (AvgIpc) is 2.77. The monoisotopic (exact) mass is 792 g/mol. The van der Waals surface area contributed by atoms with Crippen molar-refractivity contribution in [3.63, 3.8) is 0 Å². The second-order valence-corrected chi connectivity index (χ2v) is 54.5. The molecule has 0 N–H and O–H groups in total. The summed E-state index contributed by atoms with van der Waals surface area (Å²) in [6, 6.07) is 11.5. The quantitative estimate of drug-likeness (QED) is 0.287. The summed E-state index contributed by atoms with van der Waals surface area (Å²) in [7, 11) is 52.7. The van der Waals surface area contributed by atoms with E-state index in [4.69, 9.17) is 127 Å². The van der Waals surface area contributed by atoms with Crippen LogP contribution in [0.5, 0.6) is 0 Å². The van der Waals surface area contributed by atoms with Gasteiger partial charge in [0.1, 0.15) is 0 Å². The molecule has 0 aliphatic carbocycles. The van der Waals surface area contributed by atoms with Crippen LogP contribution in [0.3, 0.4) is 0 Å². The maximum atomic E-state index is 13.9. The van der Waals surface area contributed by atoms with E-state index in [0.717, 1.165) is 0 Å². The van der Waals surface area contributed by atoms with E-state index < -0.39 is 55.0 Å². The highest BCUT2D eigenvalue weighted by molar-refractivity contribution is 9.36. The van der Waals surface area contributed by atoms with E-state index in [1.807, 2.05) is 0 Å². The van der Waals surface area contributed by atoms with Crippen LogP contribution < -0.4 is 0 Å². The summed E-state index contributed by atoms with van der Waals surface area (Å²) < 4.78 is 38.2. The first-order chi connectivity index (χ1) is 16.4. The summed E-state index contributed by atoms with van der Waals surface area (Å²) >= 11 is 12.4. The van der Waals surface area contributed by atoms with Gasteiger partial charge < -0.3 is 0 Å². The second-order valence-electron chi connectivity index (χ2n) is 8.40. The minimum Gasteiger partial charge on any atom is -0.299 e. The summed E-state index contributed by atoms with van der Waals surface area (Å²) in [4.78, 5) is -0.467. The van der Waals surface area contributed by atoms with E-state index in [1.165, 1.54) is 36.4 Å². The highest BCUT2D eigenvalue weighted by Crippen LogP contribution is 3.27. The molecule has 37 heavy (non-hydrogen) atoms. The van der Waals surface area contributed by atoms with Crippen LogP contribution >= 0.6 is 132 Å². The van der Waals surface area contributed by atoms with Crippen LogP contribution in [-0.2, 0) is 27.2 Å². The topological polar surface area (TPSA) is 71.1 Å². The molecule has 0 aromatic heterocycles. The molecule has 0 atom stereocenters. The normalized spacial score (nSPS) is 33.1. The maximum Gasteiger partial charge on any atom is 0.408 e. The largest absolute Gasteiger partial charge is 0.408 e. The van der Waals surface area contributed by atoms with Gasteiger partial charge in [-0.1, -0.05) is 47.5 Å². The number of hydrogen-bond donors (Lipinski definition) is 0. The molecule has 212 valence electrons. The third-order valence-corrected chi connectivity index (χ3v) is 36.5. The zero-order valence-corrected chi connectivity index (χ0v) is 28.9. The van der Waals surface area contributed by atoms with E-state index in [9.17, 15) is 9.13 Å². The van der Waals surface area contributed by atoms with Crippen molar-refractivity contribution in [1.29, 1.82) is 0 Å². The molecule has 0 amide bonds. The minimum atomic E-state index is -5.88.